The summed E-state index contributed by atoms with van der Waals surface area (Å²) in [5, 5.41) is 1.90. The Kier molecular flexibility index (Phi) is 4.57. The Hall–Kier alpha value is -1.66. The van der Waals surface area contributed by atoms with Crippen LogP contribution in [0.2, 0.25) is 0 Å². The first-order chi connectivity index (χ1) is 9.49. The second kappa shape index (κ2) is 6.19. The van der Waals surface area contributed by atoms with Gasteiger partial charge in [0.1, 0.15) is 11.6 Å². The number of hydrogen-bond donors (Lipinski definition) is 0. The highest BCUT2D eigenvalue weighted by Gasteiger charge is 2.23. The van der Waals surface area contributed by atoms with Gasteiger partial charge in [-0.3, -0.25) is 9.69 Å². The summed E-state index contributed by atoms with van der Waals surface area (Å²) >= 11 is 1.48. The quantitative estimate of drug-likeness (QED) is 0.795. The van der Waals surface area contributed by atoms with Gasteiger partial charge in [-0.15, -0.1) is 11.3 Å². The van der Waals surface area contributed by atoms with E-state index in [-0.39, 0.29) is 11.3 Å². The molecule has 3 nitrogen and oxygen atoms in total. The molecule has 0 aliphatic heterocycles. The minimum Gasteiger partial charge on any atom is -0.292 e. The molecule has 0 aliphatic carbocycles. The van der Waals surface area contributed by atoms with Gasteiger partial charge in [-0.2, -0.15) is 0 Å². The highest BCUT2D eigenvalue weighted by molar-refractivity contribution is 7.07. The number of thiazole rings is 1. The Labute approximate surface area is 119 Å². The number of likely N-dealkylation sites (N-methyl/N-ethyl adjacent to an activating group) is 1. The molecular formula is C14H14F2N2OS. The third-order valence-corrected chi connectivity index (χ3v) is 3.77. The van der Waals surface area contributed by atoms with E-state index in [4.69, 9.17) is 0 Å². The van der Waals surface area contributed by atoms with Crippen molar-refractivity contribution in [2.45, 2.75) is 19.5 Å². The van der Waals surface area contributed by atoms with Crippen LogP contribution in [0.25, 0.3) is 0 Å². The van der Waals surface area contributed by atoms with E-state index in [2.05, 4.69) is 4.98 Å². The van der Waals surface area contributed by atoms with Crippen LogP contribution < -0.4 is 0 Å². The van der Waals surface area contributed by atoms with Crippen molar-refractivity contribution in [2.75, 3.05) is 7.05 Å². The number of aromatic nitrogens is 1. The molecule has 2 rings (SSSR count). The summed E-state index contributed by atoms with van der Waals surface area (Å²) in [6.45, 7) is 2.19. The second-order valence-corrected chi connectivity index (χ2v) is 5.28. The molecule has 0 aliphatic rings. The van der Waals surface area contributed by atoms with E-state index in [1.54, 1.807) is 24.4 Å². The molecule has 0 radical (unpaired) electrons. The number of halogens is 2. The summed E-state index contributed by atoms with van der Waals surface area (Å²) in [7, 11) is 1.77. The number of nitrogens with zero attached hydrogens (tertiary/aromatic N) is 2. The molecule has 20 heavy (non-hydrogen) atoms. The van der Waals surface area contributed by atoms with E-state index in [1.165, 1.54) is 17.4 Å². The van der Waals surface area contributed by atoms with Crippen molar-refractivity contribution in [1.29, 1.82) is 0 Å². The third kappa shape index (κ3) is 3.26. The molecule has 0 saturated heterocycles. The van der Waals surface area contributed by atoms with Crippen molar-refractivity contribution >= 4 is 17.1 Å². The lowest BCUT2D eigenvalue weighted by Crippen LogP contribution is -2.36. The number of ketones is 1. The Bertz CT molecular complexity index is 601. The molecular weight excluding hydrogens is 282 g/mol. The first kappa shape index (κ1) is 14.7. The Morgan fingerprint density at radius 3 is 2.80 bits per heavy atom. The normalized spacial score (nSPS) is 12.7. The van der Waals surface area contributed by atoms with Crippen molar-refractivity contribution in [3.05, 3.63) is 52.0 Å². The van der Waals surface area contributed by atoms with Gasteiger partial charge < -0.3 is 0 Å². The van der Waals surface area contributed by atoms with E-state index < -0.39 is 17.7 Å². The Morgan fingerprint density at radius 2 is 2.20 bits per heavy atom. The third-order valence-electron chi connectivity index (χ3n) is 3.13. The van der Waals surface area contributed by atoms with Crippen molar-refractivity contribution in [1.82, 2.24) is 9.88 Å². The van der Waals surface area contributed by atoms with E-state index >= 15 is 0 Å². The van der Waals surface area contributed by atoms with Crippen LogP contribution in [-0.4, -0.2) is 28.8 Å². The van der Waals surface area contributed by atoms with Crippen LogP contribution in [0.5, 0.6) is 0 Å². The zero-order valence-corrected chi connectivity index (χ0v) is 12.0. The summed E-state index contributed by atoms with van der Waals surface area (Å²) in [6, 6.07) is 2.47. The highest BCUT2D eigenvalue weighted by Crippen LogP contribution is 2.15. The summed E-state index contributed by atoms with van der Waals surface area (Å²) in [5.41, 5.74) is 2.48. The lowest BCUT2D eigenvalue weighted by Gasteiger charge is -2.22. The Balaban J connectivity index is 2.11. The van der Waals surface area contributed by atoms with Gasteiger partial charge in [0.2, 0.25) is 0 Å². The van der Waals surface area contributed by atoms with Gasteiger partial charge in [0.15, 0.2) is 5.78 Å². The number of benzene rings is 1. The van der Waals surface area contributed by atoms with Gasteiger partial charge in [-0.25, -0.2) is 13.8 Å². The first-order valence-corrected chi connectivity index (χ1v) is 7.00. The molecule has 0 amide bonds. The lowest BCUT2D eigenvalue weighted by atomic mass is 10.0. The molecule has 6 heteroatoms. The van der Waals surface area contributed by atoms with Crippen LogP contribution in [-0.2, 0) is 6.54 Å². The van der Waals surface area contributed by atoms with Crippen LogP contribution in [0.4, 0.5) is 8.78 Å². The molecule has 0 bridgehead atoms. The van der Waals surface area contributed by atoms with Gasteiger partial charge in [0.05, 0.1) is 22.8 Å². The van der Waals surface area contributed by atoms with E-state index in [0.717, 1.165) is 17.8 Å². The van der Waals surface area contributed by atoms with Crippen molar-refractivity contribution in [3.8, 4) is 0 Å². The van der Waals surface area contributed by atoms with Gasteiger partial charge in [-0.05, 0) is 26.1 Å². The van der Waals surface area contributed by atoms with Gasteiger partial charge >= 0.3 is 0 Å². The highest BCUT2D eigenvalue weighted by atomic mass is 32.1. The number of hydrogen-bond acceptors (Lipinski definition) is 4. The molecule has 2 aromatic rings. The molecule has 1 heterocycles. The molecule has 0 N–H and O–H groups in total. The molecule has 1 aromatic heterocycles. The van der Waals surface area contributed by atoms with E-state index in [0.29, 0.717) is 6.54 Å². The molecule has 1 aromatic carbocycles. The number of carbonyl (C=O) groups is 1. The molecule has 1 atom stereocenters. The van der Waals surface area contributed by atoms with Crippen LogP contribution >= 0.6 is 11.3 Å². The maximum Gasteiger partial charge on any atom is 0.182 e. The fraction of sp³-hybridized carbons (Fsp3) is 0.286. The number of carbonyl (C=O) groups excluding carboxylic acids is 1. The van der Waals surface area contributed by atoms with Crippen LogP contribution in [0, 0.1) is 11.6 Å². The molecule has 0 fully saturated rings. The average Bonchev–Trinajstić information content (AvgIpc) is 2.90. The van der Waals surface area contributed by atoms with Crippen molar-refractivity contribution in [2.24, 2.45) is 0 Å². The largest absolute Gasteiger partial charge is 0.292 e. The maximum absolute atomic E-state index is 13.6. The summed E-state index contributed by atoms with van der Waals surface area (Å²) < 4.78 is 26.5. The summed E-state index contributed by atoms with van der Waals surface area (Å²) in [5.74, 6) is -1.90. The number of Topliss-reactive ketones (excluding diaryl/α,β-unsaturated/α-hetero) is 1. The topological polar surface area (TPSA) is 33.2 Å². The van der Waals surface area contributed by atoms with Crippen LogP contribution in [0.15, 0.2) is 29.1 Å². The molecule has 106 valence electrons. The second-order valence-electron chi connectivity index (χ2n) is 4.56. The molecule has 0 spiro atoms. The number of rotatable bonds is 5. The van der Waals surface area contributed by atoms with Gasteiger partial charge in [-0.1, -0.05) is 0 Å². The van der Waals surface area contributed by atoms with E-state index in [9.17, 15) is 13.6 Å². The predicted octanol–water partition coefficient (Wildman–Crippen LogP) is 3.12. The van der Waals surface area contributed by atoms with Crippen LogP contribution in [0.3, 0.4) is 0 Å². The minimum atomic E-state index is -0.830. The summed E-state index contributed by atoms with van der Waals surface area (Å²) in [6.07, 6.45) is 0. The maximum atomic E-state index is 13.6. The van der Waals surface area contributed by atoms with E-state index in [1.807, 2.05) is 5.38 Å². The zero-order chi connectivity index (χ0) is 14.7. The fourth-order valence-electron chi connectivity index (χ4n) is 1.82. The Morgan fingerprint density at radius 1 is 1.45 bits per heavy atom. The SMILES string of the molecule is CC(C(=O)c1ccc(F)cc1F)N(C)Cc1cscn1. The van der Waals surface area contributed by atoms with Crippen molar-refractivity contribution in [3.63, 3.8) is 0 Å². The average molecular weight is 296 g/mol. The molecule has 0 saturated carbocycles. The smallest absolute Gasteiger partial charge is 0.182 e. The fourth-order valence-corrected chi connectivity index (χ4v) is 2.37. The zero-order valence-electron chi connectivity index (χ0n) is 11.1. The monoisotopic (exact) mass is 296 g/mol. The predicted molar refractivity (Wildman–Crippen MR) is 73.7 cm³/mol. The first-order valence-electron chi connectivity index (χ1n) is 6.05. The molecule has 1 unspecified atom stereocenters. The minimum absolute atomic E-state index is 0.0935. The van der Waals surface area contributed by atoms with Gasteiger partial charge in [0.25, 0.3) is 0 Å². The lowest BCUT2D eigenvalue weighted by molar-refractivity contribution is 0.0857. The van der Waals surface area contributed by atoms with Crippen molar-refractivity contribution < 1.29 is 13.6 Å². The van der Waals surface area contributed by atoms with Crippen LogP contribution in [0.1, 0.15) is 23.0 Å². The standard InChI is InChI=1S/C14H14F2N2OS/c1-9(18(2)6-11-7-20-8-17-11)14(19)12-4-3-10(15)5-13(12)16/h3-5,7-9H,6H2,1-2H3. The van der Waals surface area contributed by atoms with Gasteiger partial charge in [0, 0.05) is 18.0 Å². The summed E-state index contributed by atoms with van der Waals surface area (Å²) in [4.78, 5) is 18.1.